The number of H-pyrrole nitrogens is 1. The smallest absolute Gasteiger partial charge is 0.220 e. The summed E-state index contributed by atoms with van der Waals surface area (Å²) in [7, 11) is 1.91. The first kappa shape index (κ1) is 17.9. The minimum atomic E-state index is -0.00517. The molecule has 5 heterocycles. The normalized spacial score (nSPS) is 31.4. The molecule has 3 fully saturated rings. The highest BCUT2D eigenvalue weighted by Gasteiger charge is 2.62. The van der Waals surface area contributed by atoms with Crippen LogP contribution in [0.2, 0.25) is 0 Å². The molecule has 2 N–H and O–H groups in total. The molecular weight excluding hydrogens is 356 g/mol. The van der Waals surface area contributed by atoms with Crippen LogP contribution in [0.4, 0.5) is 0 Å². The van der Waals surface area contributed by atoms with E-state index in [4.69, 9.17) is 4.74 Å². The highest BCUT2D eigenvalue weighted by molar-refractivity contribution is 5.76. The second kappa shape index (κ2) is 7.00. The molecule has 150 valence electrons. The number of amides is 1. The minimum Gasteiger partial charge on any atom is -0.370 e. The maximum absolute atomic E-state index is 12.4. The van der Waals surface area contributed by atoms with Gasteiger partial charge in [-0.1, -0.05) is 0 Å². The maximum atomic E-state index is 12.4. The van der Waals surface area contributed by atoms with E-state index in [1.165, 1.54) is 0 Å². The van der Waals surface area contributed by atoms with E-state index < -0.39 is 0 Å². The van der Waals surface area contributed by atoms with Crippen molar-refractivity contribution in [3.05, 3.63) is 36.2 Å². The van der Waals surface area contributed by atoms with E-state index in [-0.39, 0.29) is 11.5 Å². The quantitative estimate of drug-likeness (QED) is 0.740. The number of aryl methyl sites for hydroxylation is 2. The van der Waals surface area contributed by atoms with Crippen molar-refractivity contribution in [3.63, 3.8) is 0 Å². The molecule has 0 aliphatic carbocycles. The van der Waals surface area contributed by atoms with Gasteiger partial charge < -0.3 is 15.0 Å². The second-order valence-corrected chi connectivity index (χ2v) is 8.53. The summed E-state index contributed by atoms with van der Waals surface area (Å²) in [5.74, 6) is 1.04. The second-order valence-electron chi connectivity index (χ2n) is 8.53. The van der Waals surface area contributed by atoms with Gasteiger partial charge in [0.15, 0.2) is 0 Å². The standard InChI is InChI=1S/C20H28N6O2/c1-25-15(5-7-24-25)2-3-19(27)22-9-16-17-11-26(10-14-8-21-13-23-14)12-20(17)6-4-18(16)28-20/h5,7-8,13,16-18H,2-4,6,9-12H2,1H3,(H,21,23)(H,22,27)/t16-,17+,18+,20+/m0/s1. The van der Waals surface area contributed by atoms with Gasteiger partial charge >= 0.3 is 0 Å². The van der Waals surface area contributed by atoms with E-state index in [9.17, 15) is 4.79 Å². The van der Waals surface area contributed by atoms with Gasteiger partial charge in [0, 0.05) is 75.3 Å². The fraction of sp³-hybridized carbons (Fsp3) is 0.650. The lowest BCUT2D eigenvalue weighted by molar-refractivity contribution is -0.121. The Balaban J connectivity index is 1.16. The summed E-state index contributed by atoms with van der Waals surface area (Å²) in [5.41, 5.74) is 2.22. The van der Waals surface area contributed by atoms with Gasteiger partial charge in [-0.3, -0.25) is 14.4 Å². The molecule has 1 spiro atoms. The van der Waals surface area contributed by atoms with Crippen LogP contribution in [-0.4, -0.2) is 61.9 Å². The monoisotopic (exact) mass is 384 g/mol. The molecule has 3 aliphatic heterocycles. The molecule has 2 aromatic heterocycles. The van der Waals surface area contributed by atoms with Crippen LogP contribution in [0.3, 0.4) is 0 Å². The van der Waals surface area contributed by atoms with Crippen LogP contribution in [0, 0.1) is 11.8 Å². The Kier molecular flexibility index (Phi) is 4.47. The average Bonchev–Trinajstić information content (AvgIpc) is 3.46. The number of imidazole rings is 1. The third kappa shape index (κ3) is 3.14. The summed E-state index contributed by atoms with van der Waals surface area (Å²) >= 11 is 0. The largest absolute Gasteiger partial charge is 0.370 e. The summed E-state index contributed by atoms with van der Waals surface area (Å²) in [6, 6.07) is 1.97. The van der Waals surface area contributed by atoms with E-state index >= 15 is 0 Å². The third-order valence-corrected chi connectivity index (χ3v) is 6.87. The third-order valence-electron chi connectivity index (χ3n) is 6.87. The van der Waals surface area contributed by atoms with E-state index in [1.54, 1.807) is 12.5 Å². The molecule has 2 bridgehead atoms. The number of carbonyl (C=O) groups is 1. The zero-order valence-corrected chi connectivity index (χ0v) is 16.3. The van der Waals surface area contributed by atoms with Crippen molar-refractivity contribution >= 4 is 5.91 Å². The van der Waals surface area contributed by atoms with Crippen LogP contribution >= 0.6 is 0 Å². The van der Waals surface area contributed by atoms with Crippen LogP contribution < -0.4 is 5.32 Å². The highest BCUT2D eigenvalue weighted by atomic mass is 16.5. The number of aromatic nitrogens is 4. The van der Waals surface area contributed by atoms with Crippen LogP contribution in [-0.2, 0) is 29.5 Å². The molecule has 8 nitrogen and oxygen atoms in total. The lowest BCUT2D eigenvalue weighted by atomic mass is 9.73. The molecule has 8 heteroatoms. The van der Waals surface area contributed by atoms with E-state index in [2.05, 4.69) is 25.3 Å². The lowest BCUT2D eigenvalue weighted by Crippen LogP contribution is -2.42. The summed E-state index contributed by atoms with van der Waals surface area (Å²) in [6.07, 6.45) is 9.18. The number of likely N-dealkylation sites (tertiary alicyclic amines) is 1. The van der Waals surface area contributed by atoms with Crippen molar-refractivity contribution < 1.29 is 9.53 Å². The lowest BCUT2D eigenvalue weighted by Gasteiger charge is -2.29. The molecule has 2 aromatic rings. The van der Waals surface area contributed by atoms with Crippen molar-refractivity contribution in [3.8, 4) is 0 Å². The summed E-state index contributed by atoms with van der Waals surface area (Å²) in [6.45, 7) is 3.62. The van der Waals surface area contributed by atoms with Crippen LogP contribution in [0.15, 0.2) is 24.8 Å². The van der Waals surface area contributed by atoms with Crippen molar-refractivity contribution in [2.75, 3.05) is 19.6 Å². The Hall–Kier alpha value is -2.19. The number of ether oxygens (including phenoxy) is 1. The number of nitrogens with one attached hydrogen (secondary N) is 2. The van der Waals surface area contributed by atoms with Gasteiger partial charge in [-0.2, -0.15) is 5.10 Å². The number of hydrogen-bond acceptors (Lipinski definition) is 5. The Morgan fingerprint density at radius 1 is 1.50 bits per heavy atom. The maximum Gasteiger partial charge on any atom is 0.220 e. The molecule has 4 atom stereocenters. The predicted octanol–water partition coefficient (Wildman–Crippen LogP) is 0.872. The van der Waals surface area contributed by atoms with Crippen LogP contribution in [0.1, 0.15) is 30.7 Å². The molecule has 0 aromatic carbocycles. The zero-order valence-electron chi connectivity index (χ0n) is 16.3. The fourth-order valence-corrected chi connectivity index (χ4v) is 5.50. The number of fused-ring (bicyclic) bond motifs is 1. The topological polar surface area (TPSA) is 88.1 Å². The summed E-state index contributed by atoms with van der Waals surface area (Å²) in [4.78, 5) is 22.2. The van der Waals surface area contributed by atoms with Crippen LogP contribution in [0.25, 0.3) is 0 Å². The zero-order chi connectivity index (χ0) is 19.1. The van der Waals surface area contributed by atoms with Gasteiger partial charge in [0.1, 0.15) is 0 Å². The molecule has 3 saturated heterocycles. The number of aromatic amines is 1. The summed E-state index contributed by atoms with van der Waals surface area (Å²) in [5, 5.41) is 7.33. The molecule has 1 amide bonds. The number of hydrogen-bond donors (Lipinski definition) is 2. The first-order chi connectivity index (χ1) is 13.6. The summed E-state index contributed by atoms with van der Waals surface area (Å²) < 4.78 is 8.31. The molecule has 0 radical (unpaired) electrons. The van der Waals surface area contributed by atoms with Crippen molar-refractivity contribution in [1.82, 2.24) is 30.0 Å². The minimum absolute atomic E-state index is 0.00517. The van der Waals surface area contributed by atoms with Gasteiger partial charge in [0.2, 0.25) is 5.91 Å². The number of nitrogens with zero attached hydrogens (tertiary/aromatic N) is 4. The van der Waals surface area contributed by atoms with E-state index in [0.29, 0.717) is 24.4 Å². The van der Waals surface area contributed by atoms with Gasteiger partial charge in [-0.15, -0.1) is 0 Å². The van der Waals surface area contributed by atoms with Gasteiger partial charge in [-0.05, 0) is 25.3 Å². The highest BCUT2D eigenvalue weighted by Crippen LogP contribution is 2.54. The van der Waals surface area contributed by atoms with Crippen molar-refractivity contribution in [1.29, 1.82) is 0 Å². The molecular formula is C20H28N6O2. The number of rotatable bonds is 7. The molecule has 3 aliphatic rings. The van der Waals surface area contributed by atoms with E-state index in [0.717, 1.165) is 56.8 Å². The molecule has 0 unspecified atom stereocenters. The first-order valence-corrected chi connectivity index (χ1v) is 10.2. The Labute approximate surface area is 164 Å². The van der Waals surface area contributed by atoms with Crippen molar-refractivity contribution in [2.45, 2.75) is 43.9 Å². The van der Waals surface area contributed by atoms with Crippen molar-refractivity contribution in [2.24, 2.45) is 18.9 Å². The Morgan fingerprint density at radius 2 is 2.43 bits per heavy atom. The van der Waals surface area contributed by atoms with Gasteiger partial charge in [0.25, 0.3) is 0 Å². The Morgan fingerprint density at radius 3 is 3.21 bits per heavy atom. The van der Waals surface area contributed by atoms with Crippen LogP contribution in [0.5, 0.6) is 0 Å². The average molecular weight is 384 g/mol. The SMILES string of the molecule is Cn1nccc1CCC(=O)NC[C@H]1[C@H]2CN(Cc3cnc[nH]3)C[C@]23CC[C@H]1O3. The predicted molar refractivity (Wildman–Crippen MR) is 102 cm³/mol. The van der Waals surface area contributed by atoms with Gasteiger partial charge in [0.05, 0.1) is 18.0 Å². The first-order valence-electron chi connectivity index (χ1n) is 10.2. The molecule has 5 rings (SSSR count). The Bertz CT molecular complexity index is 834. The molecule has 28 heavy (non-hydrogen) atoms. The van der Waals surface area contributed by atoms with Gasteiger partial charge in [-0.25, -0.2) is 4.98 Å². The fourth-order valence-electron chi connectivity index (χ4n) is 5.50. The van der Waals surface area contributed by atoms with E-state index in [1.807, 2.05) is 24.0 Å². The number of carbonyl (C=O) groups excluding carboxylic acids is 1. The molecule has 0 saturated carbocycles.